The molecular formula is C25H25N3O4S. The van der Waals surface area contributed by atoms with Gasteiger partial charge in [0.05, 0.1) is 11.7 Å². The molecule has 0 radical (unpaired) electrons. The van der Waals surface area contributed by atoms with Gasteiger partial charge in [0, 0.05) is 23.7 Å². The van der Waals surface area contributed by atoms with Crippen LogP contribution in [-0.2, 0) is 17.2 Å². The lowest BCUT2D eigenvalue weighted by molar-refractivity contribution is 0.103. The summed E-state index contributed by atoms with van der Waals surface area (Å²) >= 11 is 0. The molecule has 0 unspecified atom stereocenters. The molecule has 0 saturated carbocycles. The summed E-state index contributed by atoms with van der Waals surface area (Å²) in [6.07, 6.45) is 1.33. The fourth-order valence-corrected chi connectivity index (χ4v) is 4.77. The van der Waals surface area contributed by atoms with Crippen molar-refractivity contribution in [3.63, 3.8) is 0 Å². The minimum Gasteiger partial charge on any atom is -0.358 e. The van der Waals surface area contributed by atoms with Crippen LogP contribution >= 0.6 is 0 Å². The molecule has 2 aromatic carbocycles. The highest BCUT2D eigenvalue weighted by molar-refractivity contribution is 7.87. The standard InChI is InChI=1S/C25H25N3O4S/c1-14-7-10-19(11-8-14)33(30,31)32-25-21(13-26-28(25)6)24(29)20-12-9-15(2)23-22(20)17(4)16(3)18(5)27-23/h7-13H,1-6H3. The molecule has 2 aromatic heterocycles. The number of rotatable bonds is 5. The van der Waals surface area contributed by atoms with Crippen LogP contribution in [0.2, 0.25) is 0 Å². The molecule has 0 bridgehead atoms. The maximum absolute atomic E-state index is 13.7. The topological polar surface area (TPSA) is 91.2 Å². The first-order chi connectivity index (χ1) is 15.5. The number of ketones is 1. The van der Waals surface area contributed by atoms with Crippen LogP contribution in [0.3, 0.4) is 0 Å². The van der Waals surface area contributed by atoms with E-state index >= 15 is 0 Å². The van der Waals surface area contributed by atoms with E-state index in [2.05, 4.69) is 5.10 Å². The molecule has 2 heterocycles. The molecule has 0 N–H and O–H groups in total. The SMILES string of the molecule is Cc1ccc(S(=O)(=O)Oc2c(C(=O)c3ccc(C)c4nc(C)c(C)c(C)c34)cnn2C)cc1. The fraction of sp³-hybridized carbons (Fsp3) is 0.240. The zero-order valence-electron chi connectivity index (χ0n) is 19.4. The Morgan fingerprint density at radius 2 is 1.58 bits per heavy atom. The molecule has 0 aliphatic heterocycles. The maximum Gasteiger partial charge on any atom is 0.340 e. The molecule has 170 valence electrons. The monoisotopic (exact) mass is 463 g/mol. The van der Waals surface area contributed by atoms with Crippen LogP contribution in [-0.4, -0.2) is 29.0 Å². The van der Waals surface area contributed by atoms with Gasteiger partial charge in [-0.2, -0.15) is 13.5 Å². The van der Waals surface area contributed by atoms with Crippen molar-refractivity contribution in [3.8, 4) is 5.88 Å². The minimum absolute atomic E-state index is 0.000343. The molecule has 0 atom stereocenters. The first-order valence-corrected chi connectivity index (χ1v) is 11.9. The number of hydrogen-bond acceptors (Lipinski definition) is 6. The quantitative estimate of drug-likeness (QED) is 0.319. The van der Waals surface area contributed by atoms with E-state index in [1.165, 1.54) is 30.1 Å². The van der Waals surface area contributed by atoms with E-state index in [1.807, 2.05) is 40.7 Å². The third-order valence-corrected chi connectivity index (χ3v) is 7.24. The van der Waals surface area contributed by atoms with Gasteiger partial charge in [-0.3, -0.25) is 9.78 Å². The van der Waals surface area contributed by atoms with Crippen LogP contribution in [0.25, 0.3) is 10.9 Å². The summed E-state index contributed by atoms with van der Waals surface area (Å²) in [5.41, 5.74) is 5.99. The van der Waals surface area contributed by atoms with Crippen LogP contribution in [0.4, 0.5) is 0 Å². The zero-order chi connectivity index (χ0) is 24.1. The van der Waals surface area contributed by atoms with E-state index in [4.69, 9.17) is 9.17 Å². The first-order valence-electron chi connectivity index (χ1n) is 10.5. The highest BCUT2D eigenvalue weighted by Crippen LogP contribution is 2.32. The van der Waals surface area contributed by atoms with Crippen LogP contribution in [0.1, 0.15) is 43.9 Å². The second-order valence-corrected chi connectivity index (χ2v) is 9.81. The number of aromatic nitrogens is 3. The third kappa shape index (κ3) is 3.91. The Morgan fingerprint density at radius 3 is 2.24 bits per heavy atom. The molecule has 0 fully saturated rings. The van der Waals surface area contributed by atoms with Gasteiger partial charge >= 0.3 is 10.1 Å². The van der Waals surface area contributed by atoms with Crippen molar-refractivity contribution in [2.75, 3.05) is 0 Å². The average molecular weight is 464 g/mol. The normalized spacial score (nSPS) is 11.7. The lowest BCUT2D eigenvalue weighted by Gasteiger charge is -2.14. The molecule has 4 rings (SSSR count). The summed E-state index contributed by atoms with van der Waals surface area (Å²) in [5, 5.41) is 4.85. The van der Waals surface area contributed by atoms with Gasteiger partial charge in [-0.1, -0.05) is 23.8 Å². The van der Waals surface area contributed by atoms with E-state index in [-0.39, 0.29) is 22.1 Å². The molecule has 8 heteroatoms. The molecule has 0 amide bonds. The summed E-state index contributed by atoms with van der Waals surface area (Å²) in [5.74, 6) is -0.515. The van der Waals surface area contributed by atoms with Crippen molar-refractivity contribution in [3.05, 3.63) is 81.7 Å². The summed E-state index contributed by atoms with van der Waals surface area (Å²) in [6.45, 7) is 9.69. The van der Waals surface area contributed by atoms with E-state index in [9.17, 15) is 13.2 Å². The number of carbonyl (C=O) groups is 1. The molecule has 0 saturated heterocycles. The predicted octanol–water partition coefficient (Wildman–Crippen LogP) is 4.51. The second kappa shape index (κ2) is 8.12. The van der Waals surface area contributed by atoms with Gasteiger partial charge in [-0.05, 0) is 69.5 Å². The number of carbonyl (C=O) groups excluding carboxylic acids is 1. The van der Waals surface area contributed by atoms with Gasteiger partial charge in [-0.25, -0.2) is 4.68 Å². The molecule has 0 aliphatic carbocycles. The predicted molar refractivity (Wildman–Crippen MR) is 126 cm³/mol. The Bertz CT molecular complexity index is 1520. The lowest BCUT2D eigenvalue weighted by atomic mass is 9.93. The number of nitrogens with zero attached hydrogens (tertiary/aromatic N) is 3. The van der Waals surface area contributed by atoms with Crippen LogP contribution in [0.5, 0.6) is 5.88 Å². The number of aryl methyl sites for hydroxylation is 5. The van der Waals surface area contributed by atoms with Crippen molar-refractivity contribution in [2.45, 2.75) is 39.5 Å². The zero-order valence-corrected chi connectivity index (χ0v) is 20.2. The van der Waals surface area contributed by atoms with E-state index in [1.54, 1.807) is 18.2 Å². The smallest absolute Gasteiger partial charge is 0.340 e. The maximum atomic E-state index is 13.7. The fourth-order valence-electron chi connectivity index (χ4n) is 3.80. The first kappa shape index (κ1) is 22.7. The van der Waals surface area contributed by atoms with Crippen molar-refractivity contribution < 1.29 is 17.4 Å². The molecule has 0 spiro atoms. The van der Waals surface area contributed by atoms with Gasteiger partial charge in [0.25, 0.3) is 0 Å². The average Bonchev–Trinajstić information content (AvgIpc) is 3.12. The Kier molecular flexibility index (Phi) is 5.57. The second-order valence-electron chi connectivity index (χ2n) is 8.27. The Balaban J connectivity index is 1.84. The molecule has 4 aromatic rings. The largest absolute Gasteiger partial charge is 0.358 e. The van der Waals surface area contributed by atoms with E-state index in [0.29, 0.717) is 5.56 Å². The van der Waals surface area contributed by atoms with Gasteiger partial charge in [0.15, 0.2) is 0 Å². The number of fused-ring (bicyclic) bond motifs is 1. The lowest BCUT2D eigenvalue weighted by Crippen LogP contribution is -2.15. The molecule has 7 nitrogen and oxygen atoms in total. The van der Waals surface area contributed by atoms with Crippen LogP contribution in [0.15, 0.2) is 47.5 Å². The molecular weight excluding hydrogens is 438 g/mol. The van der Waals surface area contributed by atoms with Crippen molar-refractivity contribution in [1.29, 1.82) is 0 Å². The Hall–Kier alpha value is -3.52. The number of benzene rings is 2. The summed E-state index contributed by atoms with van der Waals surface area (Å²) in [4.78, 5) is 18.4. The number of pyridine rings is 1. The highest BCUT2D eigenvalue weighted by Gasteiger charge is 2.27. The van der Waals surface area contributed by atoms with Crippen LogP contribution in [0, 0.1) is 34.6 Å². The van der Waals surface area contributed by atoms with E-state index in [0.717, 1.165) is 38.9 Å². The Labute approximate surface area is 193 Å². The summed E-state index contributed by atoms with van der Waals surface area (Å²) in [6, 6.07) is 9.89. The van der Waals surface area contributed by atoms with E-state index < -0.39 is 10.1 Å². The van der Waals surface area contributed by atoms with Crippen molar-refractivity contribution >= 4 is 26.8 Å². The van der Waals surface area contributed by atoms with Crippen molar-refractivity contribution in [2.24, 2.45) is 7.05 Å². The summed E-state index contributed by atoms with van der Waals surface area (Å²) < 4.78 is 32.4. The minimum atomic E-state index is -4.16. The number of hydrogen-bond donors (Lipinski definition) is 0. The van der Waals surface area contributed by atoms with Gasteiger partial charge in [-0.15, -0.1) is 0 Å². The Morgan fingerprint density at radius 1 is 0.909 bits per heavy atom. The van der Waals surface area contributed by atoms with Crippen LogP contribution < -0.4 is 4.18 Å². The van der Waals surface area contributed by atoms with Crippen molar-refractivity contribution in [1.82, 2.24) is 14.8 Å². The van der Waals surface area contributed by atoms with Gasteiger partial charge in [0.1, 0.15) is 10.5 Å². The molecule has 0 aliphatic rings. The summed E-state index contributed by atoms with van der Waals surface area (Å²) in [7, 11) is -2.62. The highest BCUT2D eigenvalue weighted by atomic mass is 32.2. The van der Waals surface area contributed by atoms with Gasteiger partial charge < -0.3 is 4.18 Å². The van der Waals surface area contributed by atoms with Gasteiger partial charge in [0.2, 0.25) is 11.7 Å². The third-order valence-electron chi connectivity index (χ3n) is 6.01. The molecule has 33 heavy (non-hydrogen) atoms.